The van der Waals surface area contributed by atoms with Crippen LogP contribution in [0, 0.1) is 6.92 Å². The van der Waals surface area contributed by atoms with Crippen molar-refractivity contribution in [3.05, 3.63) is 94.5 Å². The van der Waals surface area contributed by atoms with E-state index in [-0.39, 0.29) is 5.41 Å². The summed E-state index contributed by atoms with van der Waals surface area (Å²) >= 11 is 0. The number of hydrogen-bond donors (Lipinski definition) is 0. The minimum Gasteiger partial charge on any atom is -0.416 e. The van der Waals surface area contributed by atoms with E-state index in [4.69, 9.17) is 4.42 Å². The Hall–Kier alpha value is -2.50. The summed E-state index contributed by atoms with van der Waals surface area (Å²) in [4.78, 5) is 0. The highest BCUT2D eigenvalue weighted by molar-refractivity contribution is 7.97. The molecule has 0 saturated carbocycles. The molecule has 2 saturated heterocycles. The van der Waals surface area contributed by atoms with Crippen LogP contribution in [0.4, 0.5) is 0 Å². The molecule has 2 aliphatic rings. The first-order chi connectivity index (χ1) is 21.7. The Kier molecular flexibility index (Phi) is 10.5. The number of hydrogen-bond acceptors (Lipinski definition) is 3. The predicted octanol–water partition coefficient (Wildman–Crippen LogP) is 9.31. The minimum atomic E-state index is 0.114. The lowest BCUT2D eigenvalue weighted by Crippen LogP contribution is -2.26. The molecule has 2 aliphatic heterocycles. The topological polar surface area (TPSA) is 38.9 Å². The van der Waals surface area contributed by atoms with E-state index in [1.54, 1.807) is 0 Å². The fourth-order valence-electron chi connectivity index (χ4n) is 6.97. The Labute approximate surface area is 277 Å². The molecule has 3 heterocycles. The van der Waals surface area contributed by atoms with Gasteiger partial charge in [0.25, 0.3) is 0 Å². The molecule has 0 N–H and O–H groups in total. The zero-order valence-corrected chi connectivity index (χ0v) is 29.7. The van der Waals surface area contributed by atoms with E-state index >= 15 is 0 Å². The highest BCUT2D eigenvalue weighted by atomic mass is 32.2. The van der Waals surface area contributed by atoms with Crippen molar-refractivity contribution >= 4 is 21.8 Å². The van der Waals surface area contributed by atoms with Crippen molar-refractivity contribution in [3.8, 4) is 22.9 Å². The molecule has 238 valence electrons. The van der Waals surface area contributed by atoms with E-state index in [0.717, 1.165) is 29.2 Å². The van der Waals surface area contributed by atoms with Crippen LogP contribution in [0.3, 0.4) is 0 Å². The average Bonchev–Trinajstić information content (AvgIpc) is 3.84. The van der Waals surface area contributed by atoms with Gasteiger partial charge in [-0.1, -0.05) is 74.9 Å². The Bertz CT molecular complexity index is 1520. The van der Waals surface area contributed by atoms with E-state index in [0.29, 0.717) is 38.8 Å². The summed E-state index contributed by atoms with van der Waals surface area (Å²) in [6.45, 7) is 11.3. The lowest BCUT2D eigenvalue weighted by atomic mass is 9.87. The van der Waals surface area contributed by atoms with Gasteiger partial charge in [0.05, 0.1) is 0 Å². The maximum atomic E-state index is 6.36. The molecule has 3 nitrogen and oxygen atoms in total. The van der Waals surface area contributed by atoms with E-state index in [2.05, 4.69) is 112 Å². The first kappa shape index (κ1) is 32.4. The molecule has 0 aliphatic carbocycles. The molecule has 0 amide bonds. The van der Waals surface area contributed by atoms with E-state index in [1.165, 1.54) is 89.4 Å². The van der Waals surface area contributed by atoms with Gasteiger partial charge in [0.2, 0.25) is 11.8 Å². The fraction of sp³-hybridized carbons (Fsp3) is 0.500. The van der Waals surface area contributed by atoms with Crippen molar-refractivity contribution in [2.45, 2.75) is 102 Å². The third-order valence-corrected chi connectivity index (χ3v) is 15.7. The van der Waals surface area contributed by atoms with Crippen molar-refractivity contribution in [1.82, 2.24) is 10.2 Å². The monoisotopic (exact) mass is 640 g/mol. The van der Waals surface area contributed by atoms with Gasteiger partial charge in [-0.2, -0.15) is 0 Å². The molecule has 2 atom stereocenters. The second-order valence-corrected chi connectivity index (χ2v) is 19.7. The average molecular weight is 641 g/mol. The smallest absolute Gasteiger partial charge is 0.248 e. The summed E-state index contributed by atoms with van der Waals surface area (Å²) in [5, 5.41) is 10.6. The van der Waals surface area contributed by atoms with Crippen LogP contribution in [-0.4, -0.2) is 43.7 Å². The van der Waals surface area contributed by atoms with Crippen LogP contribution in [0.1, 0.15) is 87.6 Å². The van der Waals surface area contributed by atoms with Gasteiger partial charge in [-0.3, -0.25) is 0 Å². The molecule has 2 fully saturated rings. The first-order valence-electron chi connectivity index (χ1n) is 17.2. The largest absolute Gasteiger partial charge is 0.416 e. The standard InChI is InChI=1S/C40H52N2OS2/c1-29-10-16-34(37(26-29)39-42-41-38(43-39)33-17-19-35(20-18-33)40(3,4)5)28-36(45-24-8-9-25-45)21-15-31-11-13-32(14-12-31)27-30(2)44-22-6-7-23-44/h10-14,16-20,26,30,36H,6-9,15,21-25,27-28H2,1-5H3/q+2. The van der Waals surface area contributed by atoms with Crippen LogP contribution >= 0.6 is 0 Å². The van der Waals surface area contributed by atoms with Gasteiger partial charge < -0.3 is 4.42 Å². The number of nitrogens with zero attached hydrogens (tertiary/aromatic N) is 2. The second kappa shape index (κ2) is 14.5. The normalized spacial score (nSPS) is 17.6. The van der Waals surface area contributed by atoms with Gasteiger partial charge in [0.15, 0.2) is 0 Å². The fourth-order valence-corrected chi connectivity index (χ4v) is 12.4. The van der Waals surface area contributed by atoms with Crippen LogP contribution in [0.15, 0.2) is 71.1 Å². The summed E-state index contributed by atoms with van der Waals surface area (Å²) < 4.78 is 6.36. The molecule has 1 aromatic heterocycles. The van der Waals surface area contributed by atoms with Crippen molar-refractivity contribution < 1.29 is 4.42 Å². The highest BCUT2D eigenvalue weighted by Crippen LogP contribution is 2.33. The Balaban J connectivity index is 1.16. The van der Waals surface area contributed by atoms with E-state index in [9.17, 15) is 0 Å². The molecular weight excluding hydrogens is 589 g/mol. The van der Waals surface area contributed by atoms with E-state index in [1.807, 2.05) is 0 Å². The third kappa shape index (κ3) is 8.27. The van der Waals surface area contributed by atoms with Gasteiger partial charge >= 0.3 is 0 Å². The summed E-state index contributed by atoms with van der Waals surface area (Å²) in [5.74, 6) is 6.93. The summed E-state index contributed by atoms with van der Waals surface area (Å²) in [6.07, 6.45) is 10.4. The Morgan fingerprint density at radius 2 is 1.36 bits per heavy atom. The van der Waals surface area contributed by atoms with Gasteiger partial charge in [-0.15, -0.1) is 10.2 Å². The highest BCUT2D eigenvalue weighted by Gasteiger charge is 2.35. The summed E-state index contributed by atoms with van der Waals surface area (Å²) in [7, 11) is 1.12. The van der Waals surface area contributed by atoms with Crippen molar-refractivity contribution in [1.29, 1.82) is 0 Å². The van der Waals surface area contributed by atoms with Crippen LogP contribution in [0.5, 0.6) is 0 Å². The van der Waals surface area contributed by atoms with Gasteiger partial charge in [-0.05, 0) is 120 Å². The molecule has 6 rings (SSSR count). The molecule has 0 radical (unpaired) electrons. The van der Waals surface area contributed by atoms with E-state index < -0.39 is 0 Å². The first-order valence-corrected chi connectivity index (χ1v) is 20.4. The number of aryl methyl sites for hydroxylation is 2. The van der Waals surface area contributed by atoms with Crippen LogP contribution in [-0.2, 0) is 46.5 Å². The number of benzene rings is 3. The summed E-state index contributed by atoms with van der Waals surface area (Å²) in [5.41, 5.74) is 9.08. The zero-order chi connectivity index (χ0) is 31.4. The summed E-state index contributed by atoms with van der Waals surface area (Å²) in [6, 6.07) is 25.0. The van der Waals surface area contributed by atoms with Crippen molar-refractivity contribution in [2.24, 2.45) is 0 Å². The zero-order valence-electron chi connectivity index (χ0n) is 28.1. The van der Waals surface area contributed by atoms with Crippen molar-refractivity contribution in [3.63, 3.8) is 0 Å². The van der Waals surface area contributed by atoms with Crippen LogP contribution in [0.25, 0.3) is 22.9 Å². The molecule has 0 spiro atoms. The lowest BCUT2D eigenvalue weighted by molar-refractivity contribution is 0.581. The third-order valence-electron chi connectivity index (χ3n) is 9.83. The van der Waals surface area contributed by atoms with Gasteiger partial charge in [0.1, 0.15) is 33.5 Å². The lowest BCUT2D eigenvalue weighted by Gasteiger charge is -2.18. The number of aromatic nitrogens is 2. The maximum Gasteiger partial charge on any atom is 0.248 e. The molecule has 4 aromatic rings. The number of rotatable bonds is 11. The van der Waals surface area contributed by atoms with Crippen LogP contribution < -0.4 is 0 Å². The van der Waals surface area contributed by atoms with Crippen LogP contribution in [0.2, 0.25) is 0 Å². The Morgan fingerprint density at radius 3 is 2.02 bits per heavy atom. The Morgan fingerprint density at radius 1 is 0.733 bits per heavy atom. The molecular formula is C40H52N2OS2+2. The SMILES string of the molecule is Cc1ccc(CC(CCc2ccc(CC(C)[S+]3CCCC3)cc2)[S+]2CCCC2)c(-c2nnc(-c3ccc(C(C)(C)C)cc3)o2)c1. The molecule has 3 aromatic carbocycles. The van der Waals surface area contributed by atoms with Gasteiger partial charge in [0, 0.05) is 24.0 Å². The maximum absolute atomic E-state index is 6.36. The molecule has 2 unspecified atom stereocenters. The van der Waals surface area contributed by atoms with Gasteiger partial charge in [-0.25, -0.2) is 0 Å². The molecule has 45 heavy (non-hydrogen) atoms. The second-order valence-electron chi connectivity index (χ2n) is 14.4. The van der Waals surface area contributed by atoms with Crippen molar-refractivity contribution in [2.75, 3.05) is 23.0 Å². The molecule has 5 heteroatoms. The predicted molar refractivity (Wildman–Crippen MR) is 197 cm³/mol. The minimum absolute atomic E-state index is 0.114. The quantitative estimate of drug-likeness (QED) is 0.153. The molecule has 0 bridgehead atoms.